The minimum absolute atomic E-state index is 0.0733. The van der Waals surface area contributed by atoms with E-state index in [9.17, 15) is 4.79 Å². The van der Waals surface area contributed by atoms with Crippen molar-refractivity contribution >= 4 is 29.0 Å². The summed E-state index contributed by atoms with van der Waals surface area (Å²) in [5.41, 5.74) is 7.22. The number of carbonyl (C=O) groups is 1. The number of thiophene rings is 1. The van der Waals surface area contributed by atoms with Gasteiger partial charge >= 0.3 is 0 Å². The lowest BCUT2D eigenvalue weighted by Crippen LogP contribution is -2.29. The predicted octanol–water partition coefficient (Wildman–Crippen LogP) is 1.97. The van der Waals surface area contributed by atoms with Crippen LogP contribution in [0, 0.1) is 0 Å². The number of rotatable bonds is 7. The van der Waals surface area contributed by atoms with E-state index < -0.39 is 0 Å². The summed E-state index contributed by atoms with van der Waals surface area (Å²) < 4.78 is 1.73. The van der Waals surface area contributed by atoms with Gasteiger partial charge in [-0.1, -0.05) is 5.21 Å². The van der Waals surface area contributed by atoms with Gasteiger partial charge in [-0.15, -0.1) is 5.10 Å². The Bertz CT molecular complexity index is 635. The van der Waals surface area contributed by atoms with E-state index in [1.54, 1.807) is 16.4 Å². The fourth-order valence-corrected chi connectivity index (χ4v) is 3.28. The van der Waals surface area contributed by atoms with E-state index in [-0.39, 0.29) is 17.6 Å². The zero-order valence-corrected chi connectivity index (χ0v) is 14.0. The predicted molar refractivity (Wildman–Crippen MR) is 88.9 cm³/mol. The van der Waals surface area contributed by atoms with Gasteiger partial charge in [-0.2, -0.15) is 23.1 Å². The Hall–Kier alpha value is -1.38. The van der Waals surface area contributed by atoms with Crippen LogP contribution in [0.3, 0.4) is 0 Å². The second kappa shape index (κ2) is 6.39. The topological polar surface area (TPSA) is 85.8 Å². The molecule has 0 bridgehead atoms. The average molecular weight is 337 g/mol. The zero-order chi connectivity index (χ0) is 15.6. The van der Waals surface area contributed by atoms with Crippen LogP contribution >= 0.6 is 23.1 Å². The number of hydrogen-bond acceptors (Lipinski definition) is 6. The van der Waals surface area contributed by atoms with Gasteiger partial charge in [-0.25, -0.2) is 4.68 Å². The molecule has 1 fully saturated rings. The number of hydrogen-bond donors (Lipinski definition) is 2. The third-order valence-electron chi connectivity index (χ3n) is 3.79. The maximum absolute atomic E-state index is 12.3. The lowest BCUT2D eigenvalue weighted by atomic mass is 10.1. The molecule has 1 aliphatic rings. The summed E-state index contributed by atoms with van der Waals surface area (Å²) in [6.45, 7) is 0. The fourth-order valence-electron chi connectivity index (χ4n) is 2.18. The standard InChI is InChI=1S/C14H19N5OS2/c1-21-6-3-11(16-13(20)10-2-7-22-9-10)12-8-19(18-17-12)14(15)4-5-14/h2,7-9,11H,3-6,15H2,1H3,(H,16,20)/t11-/m0/s1. The molecule has 3 rings (SSSR count). The normalized spacial score (nSPS) is 17.2. The van der Waals surface area contributed by atoms with Gasteiger partial charge in [-0.05, 0) is 42.7 Å². The molecule has 22 heavy (non-hydrogen) atoms. The van der Waals surface area contributed by atoms with Gasteiger partial charge in [0.1, 0.15) is 11.4 Å². The number of nitrogens with two attached hydrogens (primary N) is 1. The molecule has 1 atom stereocenters. The van der Waals surface area contributed by atoms with E-state index in [0.717, 1.165) is 30.7 Å². The van der Waals surface area contributed by atoms with Crippen LogP contribution in [-0.4, -0.2) is 32.9 Å². The second-order valence-electron chi connectivity index (χ2n) is 5.51. The Kier molecular flexibility index (Phi) is 4.51. The molecule has 8 heteroatoms. The van der Waals surface area contributed by atoms with Crippen LogP contribution in [0.4, 0.5) is 0 Å². The van der Waals surface area contributed by atoms with Crippen molar-refractivity contribution in [2.24, 2.45) is 5.73 Å². The molecule has 1 saturated carbocycles. The highest BCUT2D eigenvalue weighted by atomic mass is 32.2. The summed E-state index contributed by atoms with van der Waals surface area (Å²) >= 11 is 3.26. The summed E-state index contributed by atoms with van der Waals surface area (Å²) in [6.07, 6.45) is 6.58. The van der Waals surface area contributed by atoms with Gasteiger partial charge in [0.25, 0.3) is 5.91 Å². The maximum atomic E-state index is 12.3. The molecule has 0 radical (unpaired) electrons. The minimum atomic E-state index is -0.368. The summed E-state index contributed by atoms with van der Waals surface area (Å²) in [6, 6.07) is 1.68. The molecule has 1 aliphatic carbocycles. The van der Waals surface area contributed by atoms with Crippen LogP contribution < -0.4 is 11.1 Å². The Morgan fingerprint density at radius 1 is 1.64 bits per heavy atom. The molecule has 0 saturated heterocycles. The van der Waals surface area contributed by atoms with Crippen molar-refractivity contribution in [2.45, 2.75) is 31.0 Å². The first kappa shape index (κ1) is 15.5. The van der Waals surface area contributed by atoms with E-state index in [1.807, 2.05) is 29.3 Å². The van der Waals surface area contributed by atoms with E-state index in [2.05, 4.69) is 15.6 Å². The van der Waals surface area contributed by atoms with E-state index in [0.29, 0.717) is 5.56 Å². The summed E-state index contributed by atoms with van der Waals surface area (Å²) in [5.74, 6) is 0.866. The van der Waals surface area contributed by atoms with Crippen LogP contribution in [-0.2, 0) is 5.66 Å². The largest absolute Gasteiger partial charge is 0.343 e. The highest BCUT2D eigenvalue weighted by Crippen LogP contribution is 2.37. The average Bonchev–Trinajstić information content (AvgIpc) is 3.00. The number of nitrogens with one attached hydrogen (secondary N) is 1. The van der Waals surface area contributed by atoms with Crippen molar-refractivity contribution in [3.8, 4) is 0 Å². The van der Waals surface area contributed by atoms with E-state index in [1.165, 1.54) is 11.3 Å². The van der Waals surface area contributed by atoms with Crippen LogP contribution in [0.1, 0.15) is 41.4 Å². The Morgan fingerprint density at radius 3 is 3.09 bits per heavy atom. The van der Waals surface area contributed by atoms with Gasteiger partial charge < -0.3 is 11.1 Å². The third kappa shape index (κ3) is 3.34. The van der Waals surface area contributed by atoms with Crippen molar-refractivity contribution in [3.63, 3.8) is 0 Å². The molecule has 2 heterocycles. The number of carbonyl (C=O) groups excluding carboxylic acids is 1. The summed E-state index contributed by atoms with van der Waals surface area (Å²) in [5, 5.41) is 15.2. The van der Waals surface area contributed by atoms with E-state index in [4.69, 9.17) is 5.73 Å². The highest BCUT2D eigenvalue weighted by Gasteiger charge is 2.42. The highest BCUT2D eigenvalue weighted by molar-refractivity contribution is 7.98. The maximum Gasteiger partial charge on any atom is 0.252 e. The first-order valence-electron chi connectivity index (χ1n) is 7.16. The van der Waals surface area contributed by atoms with Crippen molar-refractivity contribution in [2.75, 3.05) is 12.0 Å². The van der Waals surface area contributed by atoms with Gasteiger partial charge in [-0.3, -0.25) is 4.79 Å². The second-order valence-corrected chi connectivity index (χ2v) is 7.28. The Balaban J connectivity index is 1.74. The van der Waals surface area contributed by atoms with E-state index >= 15 is 0 Å². The van der Waals surface area contributed by atoms with Gasteiger partial charge in [0.15, 0.2) is 0 Å². The van der Waals surface area contributed by atoms with Gasteiger partial charge in [0, 0.05) is 5.38 Å². The molecule has 0 spiro atoms. The first-order valence-corrected chi connectivity index (χ1v) is 9.50. The molecule has 3 N–H and O–H groups in total. The molecule has 118 valence electrons. The van der Waals surface area contributed by atoms with Crippen LogP contribution in [0.15, 0.2) is 23.0 Å². The molecule has 0 aromatic carbocycles. The molecule has 2 aromatic heterocycles. The van der Waals surface area contributed by atoms with Crippen molar-refractivity contribution in [3.05, 3.63) is 34.3 Å². The van der Waals surface area contributed by atoms with Crippen molar-refractivity contribution in [1.29, 1.82) is 0 Å². The lowest BCUT2D eigenvalue weighted by molar-refractivity contribution is 0.0935. The number of thioether (sulfide) groups is 1. The SMILES string of the molecule is CSCC[C@H](NC(=O)c1ccsc1)c1cn(C2(N)CC2)nn1. The van der Waals surface area contributed by atoms with Crippen LogP contribution in [0.5, 0.6) is 0 Å². The van der Waals surface area contributed by atoms with Crippen molar-refractivity contribution in [1.82, 2.24) is 20.3 Å². The smallest absolute Gasteiger partial charge is 0.252 e. The number of amides is 1. The van der Waals surface area contributed by atoms with Gasteiger partial charge in [0.2, 0.25) is 0 Å². The molecule has 6 nitrogen and oxygen atoms in total. The zero-order valence-electron chi connectivity index (χ0n) is 12.4. The molecular weight excluding hydrogens is 318 g/mol. The lowest BCUT2D eigenvalue weighted by Gasteiger charge is -2.15. The molecule has 1 amide bonds. The molecule has 2 aromatic rings. The Morgan fingerprint density at radius 2 is 2.45 bits per heavy atom. The quantitative estimate of drug-likeness (QED) is 0.807. The monoisotopic (exact) mass is 337 g/mol. The molecule has 0 aliphatic heterocycles. The minimum Gasteiger partial charge on any atom is -0.343 e. The molecular formula is C14H19N5OS2. The van der Waals surface area contributed by atoms with Gasteiger partial charge in [0.05, 0.1) is 17.8 Å². The fraction of sp³-hybridized carbons (Fsp3) is 0.500. The summed E-state index contributed by atoms with van der Waals surface area (Å²) in [4.78, 5) is 12.3. The van der Waals surface area contributed by atoms with Crippen LogP contribution in [0.25, 0.3) is 0 Å². The summed E-state index contributed by atoms with van der Waals surface area (Å²) in [7, 11) is 0. The third-order valence-corrected chi connectivity index (χ3v) is 5.11. The van der Waals surface area contributed by atoms with Crippen LogP contribution in [0.2, 0.25) is 0 Å². The number of aromatic nitrogens is 3. The first-order chi connectivity index (χ1) is 10.6. The van der Waals surface area contributed by atoms with Crippen molar-refractivity contribution < 1.29 is 4.79 Å². The number of nitrogens with zero attached hydrogens (tertiary/aromatic N) is 3. The Labute approximate surface area is 137 Å². The molecule has 0 unspecified atom stereocenters.